The molecule has 2 amide bonds. The third-order valence-corrected chi connectivity index (χ3v) is 4.42. The van der Waals surface area contributed by atoms with Crippen LogP contribution >= 0.6 is 0 Å². The fourth-order valence-corrected chi connectivity index (χ4v) is 2.74. The molecule has 0 aromatic heterocycles. The topological polar surface area (TPSA) is 84.5 Å². The molecule has 1 fully saturated rings. The van der Waals surface area contributed by atoms with Gasteiger partial charge in [-0.15, -0.1) is 0 Å². The maximum Gasteiger partial charge on any atom is 0.337 e. The molecule has 6 nitrogen and oxygen atoms in total. The van der Waals surface area contributed by atoms with Gasteiger partial charge in [-0.05, 0) is 48.4 Å². The Balaban J connectivity index is 1.47. The lowest BCUT2D eigenvalue weighted by molar-refractivity contribution is -0.125. The highest BCUT2D eigenvalue weighted by molar-refractivity contribution is 5.99. The average Bonchev–Trinajstić information content (AvgIpc) is 3.48. The highest BCUT2D eigenvalue weighted by Crippen LogP contribution is 2.39. The first-order chi connectivity index (χ1) is 13.0. The molecule has 1 aliphatic rings. The van der Waals surface area contributed by atoms with Crippen molar-refractivity contribution < 1.29 is 23.5 Å². The molecular formula is C20H19FN2O4. The van der Waals surface area contributed by atoms with Gasteiger partial charge in [0.05, 0.1) is 24.5 Å². The summed E-state index contributed by atoms with van der Waals surface area (Å²) in [6.45, 7) is 0.291. The quantitative estimate of drug-likeness (QED) is 0.765. The van der Waals surface area contributed by atoms with Gasteiger partial charge in [0.25, 0.3) is 0 Å². The number of nitrogens with one attached hydrogen (secondary N) is 2. The first-order valence-corrected chi connectivity index (χ1v) is 8.49. The first kappa shape index (κ1) is 18.6. The van der Waals surface area contributed by atoms with E-state index in [2.05, 4.69) is 15.4 Å². The molecule has 0 spiro atoms. The van der Waals surface area contributed by atoms with E-state index >= 15 is 0 Å². The number of amides is 2. The van der Waals surface area contributed by atoms with Gasteiger partial charge in [-0.2, -0.15) is 0 Å². The van der Waals surface area contributed by atoms with Crippen molar-refractivity contribution in [2.75, 3.05) is 12.4 Å². The van der Waals surface area contributed by atoms with Crippen molar-refractivity contribution in [1.82, 2.24) is 5.32 Å². The Labute approximate surface area is 155 Å². The second-order valence-electron chi connectivity index (χ2n) is 6.35. The maximum atomic E-state index is 12.9. The van der Waals surface area contributed by atoms with Gasteiger partial charge in [0.1, 0.15) is 5.82 Å². The van der Waals surface area contributed by atoms with E-state index in [0.717, 1.165) is 5.56 Å². The predicted octanol–water partition coefficient (Wildman–Crippen LogP) is 2.50. The molecule has 1 saturated carbocycles. The Hall–Kier alpha value is -3.22. The minimum Gasteiger partial charge on any atom is -0.465 e. The third-order valence-electron chi connectivity index (χ3n) is 4.42. The smallest absolute Gasteiger partial charge is 0.337 e. The summed E-state index contributed by atoms with van der Waals surface area (Å²) in [4.78, 5) is 35.8. The molecular weight excluding hydrogens is 351 g/mol. The Kier molecular flexibility index (Phi) is 5.49. The molecule has 2 unspecified atom stereocenters. The van der Waals surface area contributed by atoms with E-state index in [1.54, 1.807) is 36.4 Å². The number of carbonyl (C=O) groups excluding carboxylic acids is 3. The van der Waals surface area contributed by atoms with Crippen LogP contribution in [0.25, 0.3) is 0 Å². The third kappa shape index (κ3) is 4.69. The van der Waals surface area contributed by atoms with Crippen LogP contribution < -0.4 is 10.6 Å². The molecule has 0 aliphatic heterocycles. The van der Waals surface area contributed by atoms with Crippen LogP contribution in [-0.4, -0.2) is 24.9 Å². The Morgan fingerprint density at radius 1 is 1.00 bits per heavy atom. The van der Waals surface area contributed by atoms with Crippen LogP contribution in [0.4, 0.5) is 10.1 Å². The summed E-state index contributed by atoms with van der Waals surface area (Å²) >= 11 is 0. The summed E-state index contributed by atoms with van der Waals surface area (Å²) in [7, 11) is 1.30. The van der Waals surface area contributed by atoms with Crippen LogP contribution in [-0.2, 0) is 20.9 Å². The van der Waals surface area contributed by atoms with Crippen molar-refractivity contribution in [1.29, 1.82) is 0 Å². The minimum atomic E-state index is -0.451. The summed E-state index contributed by atoms with van der Waals surface area (Å²) in [5, 5.41) is 5.50. The van der Waals surface area contributed by atoms with E-state index in [-0.39, 0.29) is 29.5 Å². The van der Waals surface area contributed by atoms with Gasteiger partial charge in [-0.1, -0.05) is 12.1 Å². The molecule has 27 heavy (non-hydrogen) atoms. The molecule has 0 bridgehead atoms. The van der Waals surface area contributed by atoms with Crippen molar-refractivity contribution >= 4 is 23.5 Å². The number of ether oxygens (including phenoxy) is 1. The lowest BCUT2D eigenvalue weighted by atomic mass is 10.2. The number of carbonyl (C=O) groups is 3. The van der Waals surface area contributed by atoms with Gasteiger partial charge in [0.15, 0.2) is 0 Å². The number of halogens is 1. The van der Waals surface area contributed by atoms with E-state index < -0.39 is 5.97 Å². The number of hydrogen-bond donors (Lipinski definition) is 2. The monoisotopic (exact) mass is 370 g/mol. The number of methoxy groups -OCH3 is 1. The Morgan fingerprint density at radius 2 is 1.63 bits per heavy atom. The van der Waals surface area contributed by atoms with Gasteiger partial charge in [0, 0.05) is 12.2 Å². The Morgan fingerprint density at radius 3 is 2.26 bits per heavy atom. The Bertz CT molecular complexity index is 849. The molecule has 2 aromatic rings. The van der Waals surface area contributed by atoms with Crippen LogP contribution in [0.15, 0.2) is 48.5 Å². The fraction of sp³-hybridized carbons (Fsp3) is 0.250. The normalized spacial score (nSPS) is 17.7. The van der Waals surface area contributed by atoms with Crippen LogP contribution in [0, 0.1) is 17.7 Å². The van der Waals surface area contributed by atoms with Gasteiger partial charge in [-0.25, -0.2) is 9.18 Å². The van der Waals surface area contributed by atoms with Crippen molar-refractivity contribution in [2.24, 2.45) is 11.8 Å². The maximum absolute atomic E-state index is 12.9. The minimum absolute atomic E-state index is 0.194. The standard InChI is InChI=1S/C20H19FN2O4/c1-27-20(26)13-4-8-15(9-5-13)23-19(25)17-10-16(17)18(24)22-11-12-2-6-14(21)7-3-12/h2-9,16-17H,10-11H2,1H3,(H,22,24)(H,23,25). The van der Waals surface area contributed by atoms with Crippen LogP contribution in [0.2, 0.25) is 0 Å². The summed E-state index contributed by atoms with van der Waals surface area (Å²) in [5.74, 6) is -1.95. The second-order valence-corrected chi connectivity index (χ2v) is 6.35. The van der Waals surface area contributed by atoms with Crippen LogP contribution in [0.1, 0.15) is 22.3 Å². The van der Waals surface area contributed by atoms with E-state index in [1.165, 1.54) is 19.2 Å². The highest BCUT2D eigenvalue weighted by atomic mass is 19.1. The largest absolute Gasteiger partial charge is 0.465 e. The molecule has 1 aliphatic carbocycles. The SMILES string of the molecule is COC(=O)c1ccc(NC(=O)C2CC2C(=O)NCc2ccc(F)cc2)cc1. The summed E-state index contributed by atoms with van der Waals surface area (Å²) in [5.41, 5.74) is 1.72. The zero-order valence-electron chi connectivity index (χ0n) is 14.7. The fourth-order valence-electron chi connectivity index (χ4n) is 2.74. The number of benzene rings is 2. The van der Waals surface area contributed by atoms with E-state index in [0.29, 0.717) is 24.2 Å². The van der Waals surface area contributed by atoms with Gasteiger partial charge in [-0.3, -0.25) is 9.59 Å². The van der Waals surface area contributed by atoms with Gasteiger partial charge < -0.3 is 15.4 Å². The summed E-state index contributed by atoms with van der Waals surface area (Å²) in [6, 6.07) is 12.2. The second kappa shape index (κ2) is 7.99. The highest BCUT2D eigenvalue weighted by Gasteiger charge is 2.47. The van der Waals surface area contributed by atoms with E-state index in [9.17, 15) is 18.8 Å². The zero-order valence-corrected chi connectivity index (χ0v) is 14.7. The van der Waals surface area contributed by atoms with E-state index in [1.807, 2.05) is 0 Å². The van der Waals surface area contributed by atoms with Gasteiger partial charge >= 0.3 is 5.97 Å². The molecule has 140 valence electrons. The first-order valence-electron chi connectivity index (χ1n) is 8.49. The molecule has 7 heteroatoms. The molecule has 0 saturated heterocycles. The van der Waals surface area contributed by atoms with Gasteiger partial charge in [0.2, 0.25) is 11.8 Å². The number of esters is 1. The molecule has 0 heterocycles. The number of anilines is 1. The number of rotatable bonds is 6. The molecule has 2 atom stereocenters. The molecule has 2 N–H and O–H groups in total. The van der Waals surface area contributed by atoms with Crippen molar-refractivity contribution in [3.05, 3.63) is 65.5 Å². The number of hydrogen-bond acceptors (Lipinski definition) is 4. The molecule has 2 aromatic carbocycles. The van der Waals surface area contributed by atoms with Crippen molar-refractivity contribution in [2.45, 2.75) is 13.0 Å². The summed E-state index contributed by atoms with van der Waals surface area (Å²) < 4.78 is 17.5. The lowest BCUT2D eigenvalue weighted by Crippen LogP contribution is -2.27. The predicted molar refractivity (Wildman–Crippen MR) is 96.3 cm³/mol. The van der Waals surface area contributed by atoms with Crippen molar-refractivity contribution in [3.63, 3.8) is 0 Å². The van der Waals surface area contributed by atoms with Crippen LogP contribution in [0.5, 0.6) is 0 Å². The van der Waals surface area contributed by atoms with E-state index in [4.69, 9.17) is 0 Å². The molecule has 3 rings (SSSR count). The lowest BCUT2D eigenvalue weighted by Gasteiger charge is -2.07. The zero-order chi connectivity index (χ0) is 19.4. The molecule has 0 radical (unpaired) electrons. The van der Waals surface area contributed by atoms with Crippen LogP contribution in [0.3, 0.4) is 0 Å². The summed E-state index contributed by atoms with van der Waals surface area (Å²) in [6.07, 6.45) is 0.487. The average molecular weight is 370 g/mol. The van der Waals surface area contributed by atoms with Crippen molar-refractivity contribution in [3.8, 4) is 0 Å².